The van der Waals surface area contributed by atoms with Crippen molar-refractivity contribution in [2.75, 3.05) is 16.8 Å². The topological polar surface area (TPSA) is 113 Å². The molecule has 1 unspecified atom stereocenters. The standard InChI is InChI=1S/C21H21ClN6O3/c1-3-15-10-18(29)25-21(23-15)28-17(8-12(2)26-28)24-20(31)13-9-19(30)27(11-13)16-6-4-14(22)5-7-16/h4-8,10,13H,3,9,11H2,1-2H3,(H,24,31)(H,23,25,29). The zero-order valence-electron chi connectivity index (χ0n) is 17.1. The number of H-pyrrole nitrogens is 1. The van der Waals surface area contributed by atoms with E-state index in [9.17, 15) is 14.4 Å². The number of benzene rings is 1. The van der Waals surface area contributed by atoms with Crippen molar-refractivity contribution in [3.8, 4) is 5.95 Å². The van der Waals surface area contributed by atoms with Crippen LogP contribution in [0.15, 0.2) is 41.2 Å². The second-order valence-corrected chi connectivity index (χ2v) is 7.80. The largest absolute Gasteiger partial charge is 0.312 e. The molecule has 2 aromatic heterocycles. The molecule has 160 valence electrons. The third-order valence-electron chi connectivity index (χ3n) is 5.06. The van der Waals surface area contributed by atoms with Crippen LogP contribution in [-0.4, -0.2) is 38.1 Å². The molecule has 1 aromatic carbocycles. The van der Waals surface area contributed by atoms with E-state index in [-0.39, 0.29) is 36.3 Å². The van der Waals surface area contributed by atoms with Crippen LogP contribution in [0.2, 0.25) is 5.02 Å². The van der Waals surface area contributed by atoms with Gasteiger partial charge < -0.3 is 10.2 Å². The first kappa shape index (κ1) is 20.8. The van der Waals surface area contributed by atoms with E-state index in [2.05, 4.69) is 20.4 Å². The molecule has 1 saturated heterocycles. The molecule has 1 aliphatic rings. The van der Waals surface area contributed by atoms with Gasteiger partial charge in [0.25, 0.3) is 5.56 Å². The summed E-state index contributed by atoms with van der Waals surface area (Å²) in [6.07, 6.45) is 0.686. The normalized spacial score (nSPS) is 16.0. The van der Waals surface area contributed by atoms with Gasteiger partial charge in [0.2, 0.25) is 17.8 Å². The van der Waals surface area contributed by atoms with Crippen molar-refractivity contribution < 1.29 is 9.59 Å². The summed E-state index contributed by atoms with van der Waals surface area (Å²) < 4.78 is 1.39. The van der Waals surface area contributed by atoms with E-state index < -0.39 is 5.92 Å². The summed E-state index contributed by atoms with van der Waals surface area (Å²) in [6, 6.07) is 10.0. The molecular weight excluding hydrogens is 420 g/mol. The summed E-state index contributed by atoms with van der Waals surface area (Å²) in [5, 5.41) is 7.75. The van der Waals surface area contributed by atoms with Gasteiger partial charge in [-0.15, -0.1) is 0 Å². The number of anilines is 2. The number of aryl methyl sites for hydroxylation is 2. The molecule has 0 spiro atoms. The van der Waals surface area contributed by atoms with Crippen LogP contribution in [0.4, 0.5) is 11.5 Å². The Morgan fingerprint density at radius 2 is 2.00 bits per heavy atom. The van der Waals surface area contributed by atoms with Crippen LogP contribution in [0.1, 0.15) is 24.7 Å². The van der Waals surface area contributed by atoms with Crippen LogP contribution in [0.25, 0.3) is 5.95 Å². The fourth-order valence-corrected chi connectivity index (χ4v) is 3.63. The van der Waals surface area contributed by atoms with E-state index in [1.165, 1.54) is 10.7 Å². The Morgan fingerprint density at radius 1 is 1.26 bits per heavy atom. The predicted molar refractivity (Wildman–Crippen MR) is 117 cm³/mol. The summed E-state index contributed by atoms with van der Waals surface area (Å²) in [5.41, 5.74) is 1.66. The van der Waals surface area contributed by atoms with Crippen LogP contribution in [0, 0.1) is 12.8 Å². The maximum Gasteiger partial charge on any atom is 0.252 e. The van der Waals surface area contributed by atoms with E-state index >= 15 is 0 Å². The van der Waals surface area contributed by atoms with Gasteiger partial charge in [0, 0.05) is 41.5 Å². The number of hydrogen-bond donors (Lipinski definition) is 2. The zero-order chi connectivity index (χ0) is 22.1. The quantitative estimate of drug-likeness (QED) is 0.632. The highest BCUT2D eigenvalue weighted by atomic mass is 35.5. The molecule has 10 heteroatoms. The van der Waals surface area contributed by atoms with E-state index in [4.69, 9.17) is 11.6 Å². The highest BCUT2D eigenvalue weighted by Gasteiger charge is 2.35. The summed E-state index contributed by atoms with van der Waals surface area (Å²) in [7, 11) is 0. The average Bonchev–Trinajstić information content (AvgIpc) is 3.30. The minimum atomic E-state index is -0.527. The van der Waals surface area contributed by atoms with Crippen LogP contribution in [0.5, 0.6) is 0 Å². The van der Waals surface area contributed by atoms with Crippen molar-refractivity contribution >= 4 is 34.9 Å². The van der Waals surface area contributed by atoms with Gasteiger partial charge in [-0.3, -0.25) is 19.4 Å². The number of halogens is 1. The SMILES string of the molecule is CCc1cc(=O)[nH]c(-n2nc(C)cc2NC(=O)C2CC(=O)N(c3ccc(Cl)cc3)C2)n1. The maximum atomic E-state index is 12.9. The third-order valence-corrected chi connectivity index (χ3v) is 5.31. The van der Waals surface area contributed by atoms with Crippen LogP contribution in [0.3, 0.4) is 0 Å². The van der Waals surface area contributed by atoms with Gasteiger partial charge in [-0.25, -0.2) is 4.98 Å². The van der Waals surface area contributed by atoms with Gasteiger partial charge in [-0.1, -0.05) is 18.5 Å². The van der Waals surface area contributed by atoms with Gasteiger partial charge in [-0.2, -0.15) is 9.78 Å². The van der Waals surface area contributed by atoms with Crippen molar-refractivity contribution in [3.63, 3.8) is 0 Å². The molecule has 2 amide bonds. The Bertz CT molecular complexity index is 1200. The molecule has 3 heterocycles. The van der Waals surface area contributed by atoms with E-state index in [1.54, 1.807) is 42.2 Å². The fourth-order valence-electron chi connectivity index (χ4n) is 3.51. The van der Waals surface area contributed by atoms with Crippen molar-refractivity contribution in [1.29, 1.82) is 0 Å². The molecular formula is C21H21ClN6O3. The minimum Gasteiger partial charge on any atom is -0.312 e. The first-order chi connectivity index (χ1) is 14.8. The molecule has 4 rings (SSSR count). The molecule has 0 bridgehead atoms. The van der Waals surface area contributed by atoms with Crippen molar-refractivity contribution in [1.82, 2.24) is 19.7 Å². The summed E-state index contributed by atoms with van der Waals surface area (Å²) in [6.45, 7) is 3.93. The molecule has 9 nitrogen and oxygen atoms in total. The maximum absolute atomic E-state index is 12.9. The highest BCUT2D eigenvalue weighted by molar-refractivity contribution is 6.30. The van der Waals surface area contributed by atoms with Crippen LogP contribution >= 0.6 is 11.6 Å². The highest BCUT2D eigenvalue weighted by Crippen LogP contribution is 2.27. The number of carbonyl (C=O) groups excluding carboxylic acids is 2. The Kier molecular flexibility index (Phi) is 5.60. The summed E-state index contributed by atoms with van der Waals surface area (Å²) in [4.78, 5) is 46.0. The summed E-state index contributed by atoms with van der Waals surface area (Å²) >= 11 is 5.92. The van der Waals surface area contributed by atoms with Crippen molar-refractivity contribution in [3.05, 3.63) is 63.2 Å². The number of carbonyl (C=O) groups is 2. The first-order valence-corrected chi connectivity index (χ1v) is 10.3. The van der Waals surface area contributed by atoms with Gasteiger partial charge in [0.05, 0.1) is 11.6 Å². The van der Waals surface area contributed by atoms with E-state index in [0.717, 1.165) is 0 Å². The number of nitrogens with one attached hydrogen (secondary N) is 2. The molecule has 1 fully saturated rings. The first-order valence-electron chi connectivity index (χ1n) is 9.88. The number of aromatic nitrogens is 4. The number of rotatable bonds is 5. The molecule has 3 aromatic rings. The van der Waals surface area contributed by atoms with Gasteiger partial charge in [0.15, 0.2) is 0 Å². The van der Waals surface area contributed by atoms with Crippen molar-refractivity contribution in [2.24, 2.45) is 5.92 Å². The number of hydrogen-bond acceptors (Lipinski definition) is 5. The van der Waals surface area contributed by atoms with Gasteiger partial charge in [-0.05, 0) is 37.6 Å². The fraction of sp³-hybridized carbons (Fsp3) is 0.286. The number of aromatic amines is 1. The predicted octanol–water partition coefficient (Wildman–Crippen LogP) is 2.47. The van der Waals surface area contributed by atoms with E-state index in [0.29, 0.717) is 34.3 Å². The van der Waals surface area contributed by atoms with Crippen LogP contribution in [-0.2, 0) is 16.0 Å². The van der Waals surface area contributed by atoms with Gasteiger partial charge in [0.1, 0.15) is 5.82 Å². The summed E-state index contributed by atoms with van der Waals surface area (Å²) in [5.74, 6) is -0.371. The van der Waals surface area contributed by atoms with Crippen molar-refractivity contribution in [2.45, 2.75) is 26.7 Å². The Hall–Kier alpha value is -3.46. The molecule has 31 heavy (non-hydrogen) atoms. The lowest BCUT2D eigenvalue weighted by Gasteiger charge is -2.17. The lowest BCUT2D eigenvalue weighted by Crippen LogP contribution is -2.28. The average molecular weight is 441 g/mol. The monoisotopic (exact) mass is 440 g/mol. The van der Waals surface area contributed by atoms with Crippen LogP contribution < -0.4 is 15.8 Å². The smallest absolute Gasteiger partial charge is 0.252 e. The Morgan fingerprint density at radius 3 is 2.71 bits per heavy atom. The molecule has 1 aliphatic heterocycles. The minimum absolute atomic E-state index is 0.0992. The third kappa shape index (κ3) is 4.36. The van der Waals surface area contributed by atoms with Gasteiger partial charge >= 0.3 is 0 Å². The lowest BCUT2D eigenvalue weighted by molar-refractivity contribution is -0.122. The molecule has 1 atom stereocenters. The zero-order valence-corrected chi connectivity index (χ0v) is 17.8. The Labute approximate surface area is 183 Å². The second kappa shape index (κ2) is 8.35. The lowest BCUT2D eigenvalue weighted by atomic mass is 10.1. The number of amides is 2. The molecule has 0 radical (unpaired) electrons. The Balaban J connectivity index is 1.55. The molecule has 0 saturated carbocycles. The number of nitrogens with zero attached hydrogens (tertiary/aromatic N) is 4. The molecule has 0 aliphatic carbocycles. The van der Waals surface area contributed by atoms with E-state index in [1.807, 2.05) is 6.92 Å². The second-order valence-electron chi connectivity index (χ2n) is 7.37. The molecule has 2 N–H and O–H groups in total.